The van der Waals surface area contributed by atoms with Crippen molar-refractivity contribution in [3.8, 4) is 11.5 Å². The highest BCUT2D eigenvalue weighted by Crippen LogP contribution is 2.31. The first-order chi connectivity index (χ1) is 13.9. The fourth-order valence-corrected chi connectivity index (χ4v) is 2.68. The lowest BCUT2D eigenvalue weighted by atomic mass is 10.1. The van der Waals surface area contributed by atoms with Crippen LogP contribution in [0, 0.1) is 0 Å². The van der Waals surface area contributed by atoms with E-state index in [4.69, 9.17) is 13.9 Å². The van der Waals surface area contributed by atoms with E-state index in [2.05, 4.69) is 5.32 Å². The molecular formula is C21H18F3NO4. The summed E-state index contributed by atoms with van der Waals surface area (Å²) in [6, 6.07) is 15.1. The molecule has 1 aromatic heterocycles. The minimum absolute atomic E-state index is 0.0203. The predicted molar refractivity (Wildman–Crippen MR) is 98.6 cm³/mol. The summed E-state index contributed by atoms with van der Waals surface area (Å²) in [6.45, 7) is -0.215. The van der Waals surface area contributed by atoms with Crippen molar-refractivity contribution in [3.63, 3.8) is 0 Å². The molecule has 5 nitrogen and oxygen atoms in total. The minimum atomic E-state index is -4.49. The first-order valence-electron chi connectivity index (χ1n) is 8.66. The number of ether oxygens (including phenoxy) is 2. The fraction of sp³-hybridized carbons (Fsp3) is 0.190. The SMILES string of the molecule is COc1ccccc1OCc1ccc(C(=O)NCc2ccccc2C(F)(F)F)o1. The Balaban J connectivity index is 1.60. The molecule has 152 valence electrons. The molecule has 2 aromatic carbocycles. The van der Waals surface area contributed by atoms with Gasteiger partial charge in [0.1, 0.15) is 12.4 Å². The van der Waals surface area contributed by atoms with E-state index in [-0.39, 0.29) is 24.5 Å². The molecule has 0 fully saturated rings. The van der Waals surface area contributed by atoms with Gasteiger partial charge in [-0.05, 0) is 35.9 Å². The van der Waals surface area contributed by atoms with Crippen molar-refractivity contribution in [2.45, 2.75) is 19.3 Å². The van der Waals surface area contributed by atoms with Crippen LogP contribution in [-0.2, 0) is 19.3 Å². The number of nitrogens with one attached hydrogen (secondary N) is 1. The molecule has 0 bridgehead atoms. The number of rotatable bonds is 7. The number of benzene rings is 2. The van der Waals surface area contributed by atoms with Gasteiger partial charge in [-0.2, -0.15) is 13.2 Å². The third-order valence-corrected chi connectivity index (χ3v) is 4.09. The van der Waals surface area contributed by atoms with Crippen molar-refractivity contribution >= 4 is 5.91 Å². The number of furan rings is 1. The maximum atomic E-state index is 13.0. The topological polar surface area (TPSA) is 60.7 Å². The van der Waals surface area contributed by atoms with Gasteiger partial charge in [-0.25, -0.2) is 0 Å². The van der Waals surface area contributed by atoms with Crippen molar-refractivity contribution < 1.29 is 31.9 Å². The Hall–Kier alpha value is -3.42. The summed E-state index contributed by atoms with van der Waals surface area (Å²) < 4.78 is 55.3. The van der Waals surface area contributed by atoms with Crippen molar-refractivity contribution in [1.29, 1.82) is 0 Å². The second-order valence-electron chi connectivity index (χ2n) is 6.04. The van der Waals surface area contributed by atoms with E-state index < -0.39 is 17.6 Å². The van der Waals surface area contributed by atoms with Gasteiger partial charge < -0.3 is 19.2 Å². The van der Waals surface area contributed by atoms with E-state index >= 15 is 0 Å². The Morgan fingerprint density at radius 3 is 2.41 bits per heavy atom. The average Bonchev–Trinajstić information content (AvgIpc) is 3.19. The molecule has 1 N–H and O–H groups in total. The Morgan fingerprint density at radius 1 is 1.00 bits per heavy atom. The number of hydrogen-bond acceptors (Lipinski definition) is 4. The van der Waals surface area contributed by atoms with Crippen LogP contribution in [0.2, 0.25) is 0 Å². The zero-order valence-electron chi connectivity index (χ0n) is 15.5. The molecule has 0 unspecified atom stereocenters. The van der Waals surface area contributed by atoms with Gasteiger partial charge in [0, 0.05) is 6.54 Å². The van der Waals surface area contributed by atoms with Gasteiger partial charge in [-0.1, -0.05) is 30.3 Å². The zero-order chi connectivity index (χ0) is 20.9. The lowest BCUT2D eigenvalue weighted by molar-refractivity contribution is -0.138. The first-order valence-corrected chi connectivity index (χ1v) is 8.66. The third kappa shape index (κ3) is 5.10. The third-order valence-electron chi connectivity index (χ3n) is 4.09. The van der Waals surface area contributed by atoms with Crippen molar-refractivity contribution in [1.82, 2.24) is 5.32 Å². The molecule has 0 radical (unpaired) electrons. The van der Waals surface area contributed by atoms with Gasteiger partial charge in [-0.15, -0.1) is 0 Å². The number of carbonyl (C=O) groups is 1. The molecular weight excluding hydrogens is 387 g/mol. The van der Waals surface area contributed by atoms with Crippen molar-refractivity contribution in [3.05, 3.63) is 83.3 Å². The summed E-state index contributed by atoms with van der Waals surface area (Å²) in [5.74, 6) is 0.817. The zero-order valence-corrected chi connectivity index (χ0v) is 15.5. The molecule has 0 atom stereocenters. The Bertz CT molecular complexity index is 982. The lowest BCUT2D eigenvalue weighted by Gasteiger charge is -2.12. The van der Waals surface area contributed by atoms with Crippen LogP contribution in [0.15, 0.2) is 65.1 Å². The Kier molecular flexibility index (Phi) is 6.11. The summed E-state index contributed by atoms with van der Waals surface area (Å²) in [5, 5.41) is 2.44. The van der Waals surface area contributed by atoms with Gasteiger partial charge in [0.15, 0.2) is 17.3 Å². The number of halogens is 3. The first kappa shape index (κ1) is 20.3. The average molecular weight is 405 g/mol. The molecule has 3 rings (SSSR count). The molecule has 29 heavy (non-hydrogen) atoms. The molecule has 1 heterocycles. The van der Waals surface area contributed by atoms with E-state index in [1.165, 1.54) is 31.4 Å². The highest BCUT2D eigenvalue weighted by atomic mass is 19.4. The summed E-state index contributed by atoms with van der Waals surface area (Å²) in [6.07, 6.45) is -4.49. The van der Waals surface area contributed by atoms with Gasteiger partial charge in [0.2, 0.25) is 0 Å². The summed E-state index contributed by atoms with van der Waals surface area (Å²) >= 11 is 0. The predicted octanol–water partition coefficient (Wildman–Crippen LogP) is 4.82. The highest BCUT2D eigenvalue weighted by molar-refractivity contribution is 5.91. The van der Waals surface area contributed by atoms with Crippen LogP contribution >= 0.6 is 0 Å². The standard InChI is InChI=1S/C21H18F3NO4/c1-27-17-8-4-5-9-18(17)28-13-15-10-11-19(29-15)20(26)25-12-14-6-2-3-7-16(14)21(22,23)24/h2-11H,12-13H2,1H3,(H,25,26). The van der Waals surface area contributed by atoms with Crippen molar-refractivity contribution in [2.24, 2.45) is 0 Å². The summed E-state index contributed by atoms with van der Waals surface area (Å²) in [5.41, 5.74) is -0.815. The van der Waals surface area contributed by atoms with Gasteiger partial charge >= 0.3 is 6.18 Å². The molecule has 8 heteroatoms. The summed E-state index contributed by atoms with van der Waals surface area (Å²) in [7, 11) is 1.52. The minimum Gasteiger partial charge on any atom is -0.493 e. The van der Waals surface area contributed by atoms with Crippen LogP contribution in [-0.4, -0.2) is 13.0 Å². The molecule has 0 aliphatic rings. The van der Waals surface area contributed by atoms with Crippen LogP contribution in [0.4, 0.5) is 13.2 Å². The molecule has 0 aliphatic heterocycles. The Morgan fingerprint density at radius 2 is 1.69 bits per heavy atom. The molecule has 0 spiro atoms. The highest BCUT2D eigenvalue weighted by Gasteiger charge is 2.32. The number of alkyl halides is 3. The van der Waals surface area contributed by atoms with Crippen molar-refractivity contribution in [2.75, 3.05) is 7.11 Å². The Labute approximate surface area is 165 Å². The second kappa shape index (κ2) is 8.72. The van der Waals surface area contributed by atoms with Crippen LogP contribution in [0.3, 0.4) is 0 Å². The van der Waals surface area contributed by atoms with Gasteiger partial charge in [0.25, 0.3) is 5.91 Å². The number of carbonyl (C=O) groups excluding carboxylic acids is 1. The molecule has 0 aliphatic carbocycles. The molecule has 3 aromatic rings. The maximum Gasteiger partial charge on any atom is 0.416 e. The normalized spacial score (nSPS) is 11.2. The number of methoxy groups -OCH3 is 1. The maximum absolute atomic E-state index is 13.0. The van der Waals surface area contributed by atoms with E-state index in [0.717, 1.165) is 6.07 Å². The van der Waals surface area contributed by atoms with Crippen LogP contribution in [0.25, 0.3) is 0 Å². The van der Waals surface area contributed by atoms with Crippen LogP contribution in [0.1, 0.15) is 27.4 Å². The molecule has 1 amide bonds. The van der Waals surface area contributed by atoms with E-state index in [0.29, 0.717) is 17.3 Å². The van der Waals surface area contributed by atoms with Crippen LogP contribution < -0.4 is 14.8 Å². The van der Waals surface area contributed by atoms with Gasteiger partial charge in [0.05, 0.1) is 12.7 Å². The largest absolute Gasteiger partial charge is 0.493 e. The molecule has 0 saturated carbocycles. The van der Waals surface area contributed by atoms with Crippen LogP contribution in [0.5, 0.6) is 11.5 Å². The number of hydrogen-bond donors (Lipinski definition) is 1. The fourth-order valence-electron chi connectivity index (χ4n) is 2.68. The summed E-state index contributed by atoms with van der Waals surface area (Å²) in [4.78, 5) is 12.2. The number of para-hydroxylation sites is 2. The smallest absolute Gasteiger partial charge is 0.416 e. The second-order valence-corrected chi connectivity index (χ2v) is 6.04. The monoisotopic (exact) mass is 405 g/mol. The van der Waals surface area contributed by atoms with E-state index in [1.54, 1.807) is 30.3 Å². The quantitative estimate of drug-likeness (QED) is 0.613. The van der Waals surface area contributed by atoms with Gasteiger partial charge in [-0.3, -0.25) is 4.79 Å². The van der Waals surface area contributed by atoms with E-state index in [9.17, 15) is 18.0 Å². The van der Waals surface area contributed by atoms with E-state index in [1.807, 2.05) is 0 Å². The molecule has 0 saturated heterocycles. The lowest BCUT2D eigenvalue weighted by Crippen LogP contribution is -2.24. The number of amides is 1.